The number of hydrogen-bond donors (Lipinski definition) is 1. The van der Waals surface area contributed by atoms with Crippen LogP contribution in [0, 0.1) is 0 Å². The van der Waals surface area contributed by atoms with Crippen LogP contribution >= 0.6 is 0 Å². The minimum Gasteiger partial charge on any atom is -0.478 e. The van der Waals surface area contributed by atoms with Crippen molar-refractivity contribution in [3.8, 4) is 11.1 Å². The third-order valence-electron chi connectivity index (χ3n) is 4.82. The Labute approximate surface area is 159 Å². The van der Waals surface area contributed by atoms with E-state index in [-0.39, 0.29) is 11.5 Å². The molecule has 0 bridgehead atoms. The van der Waals surface area contributed by atoms with Gasteiger partial charge in [-0.2, -0.15) is 17.0 Å². The summed E-state index contributed by atoms with van der Waals surface area (Å²) in [5, 5.41) is 9.13. The van der Waals surface area contributed by atoms with Gasteiger partial charge in [0.2, 0.25) is 0 Å². The van der Waals surface area contributed by atoms with Crippen LogP contribution < -0.4 is 0 Å². The minimum atomic E-state index is -3.42. The average molecular weight is 389 g/mol. The fourth-order valence-electron chi connectivity index (χ4n) is 3.27. The lowest BCUT2D eigenvalue weighted by Crippen LogP contribution is -2.45. The highest BCUT2D eigenvalue weighted by molar-refractivity contribution is 7.86. The van der Waals surface area contributed by atoms with E-state index in [2.05, 4.69) is 4.98 Å². The number of pyridine rings is 1. The van der Waals surface area contributed by atoms with Gasteiger partial charge in [0.25, 0.3) is 10.2 Å². The van der Waals surface area contributed by atoms with E-state index in [1.807, 2.05) is 18.2 Å². The molecule has 0 unspecified atom stereocenters. The second kappa shape index (κ2) is 7.75. The number of aromatic carboxylic acids is 1. The molecule has 1 aromatic carbocycles. The molecule has 1 aromatic heterocycles. The Morgan fingerprint density at radius 1 is 1.22 bits per heavy atom. The molecule has 0 spiro atoms. The average Bonchev–Trinajstić information content (AvgIpc) is 2.68. The van der Waals surface area contributed by atoms with Crippen molar-refractivity contribution in [2.45, 2.75) is 18.8 Å². The SMILES string of the molecule is CN(C)S(=O)(=O)N1CCC[C@@H](c2ccc(-c3cccc(C(=O)O)c3)cn2)C1. The van der Waals surface area contributed by atoms with Crippen LogP contribution in [0.5, 0.6) is 0 Å². The van der Waals surface area contributed by atoms with Crippen LogP contribution in [0.15, 0.2) is 42.6 Å². The quantitative estimate of drug-likeness (QED) is 0.848. The van der Waals surface area contributed by atoms with Crippen LogP contribution in [0.3, 0.4) is 0 Å². The van der Waals surface area contributed by atoms with Crippen molar-refractivity contribution >= 4 is 16.2 Å². The predicted molar refractivity (Wildman–Crippen MR) is 103 cm³/mol. The zero-order valence-corrected chi connectivity index (χ0v) is 16.2. The molecule has 1 N–H and O–H groups in total. The first kappa shape index (κ1) is 19.5. The molecular weight excluding hydrogens is 366 g/mol. The molecule has 1 atom stereocenters. The van der Waals surface area contributed by atoms with Gasteiger partial charge < -0.3 is 5.11 Å². The Balaban J connectivity index is 1.79. The highest BCUT2D eigenvalue weighted by Gasteiger charge is 2.31. The molecule has 3 rings (SSSR count). The second-order valence-electron chi connectivity index (χ2n) is 6.85. The maximum absolute atomic E-state index is 12.4. The number of aromatic nitrogens is 1. The molecule has 0 saturated carbocycles. The Morgan fingerprint density at radius 2 is 2.00 bits per heavy atom. The van der Waals surface area contributed by atoms with Crippen molar-refractivity contribution in [2.24, 2.45) is 0 Å². The summed E-state index contributed by atoms with van der Waals surface area (Å²) in [5.74, 6) is -0.918. The third-order valence-corrected chi connectivity index (χ3v) is 6.73. The van der Waals surface area contributed by atoms with Crippen molar-refractivity contribution in [3.05, 3.63) is 53.9 Å². The number of carboxylic acid groups (broad SMARTS) is 1. The van der Waals surface area contributed by atoms with Gasteiger partial charge in [-0.05, 0) is 36.6 Å². The van der Waals surface area contributed by atoms with Crippen LogP contribution in [0.1, 0.15) is 34.8 Å². The van der Waals surface area contributed by atoms with Gasteiger partial charge in [-0.3, -0.25) is 4.98 Å². The van der Waals surface area contributed by atoms with Gasteiger partial charge in [0.15, 0.2) is 0 Å². The molecular formula is C19H23N3O4S. The summed E-state index contributed by atoms with van der Waals surface area (Å²) in [5.41, 5.74) is 2.70. The maximum atomic E-state index is 12.4. The molecule has 2 aromatic rings. The number of nitrogens with zero attached hydrogens (tertiary/aromatic N) is 3. The lowest BCUT2D eigenvalue weighted by Gasteiger charge is -2.33. The van der Waals surface area contributed by atoms with E-state index in [1.54, 1.807) is 24.4 Å². The number of carboxylic acids is 1. The van der Waals surface area contributed by atoms with E-state index in [9.17, 15) is 13.2 Å². The van der Waals surface area contributed by atoms with Crippen LogP contribution in [-0.2, 0) is 10.2 Å². The van der Waals surface area contributed by atoms with Crippen molar-refractivity contribution < 1.29 is 18.3 Å². The first-order chi connectivity index (χ1) is 12.8. The highest BCUT2D eigenvalue weighted by Crippen LogP contribution is 2.29. The first-order valence-electron chi connectivity index (χ1n) is 8.76. The van der Waals surface area contributed by atoms with Crippen molar-refractivity contribution in [3.63, 3.8) is 0 Å². The van der Waals surface area contributed by atoms with Gasteiger partial charge in [-0.25, -0.2) is 4.79 Å². The molecule has 27 heavy (non-hydrogen) atoms. The molecule has 1 saturated heterocycles. The summed E-state index contributed by atoms with van der Waals surface area (Å²) < 4.78 is 27.5. The standard InChI is InChI=1S/C19H23N3O4S/c1-21(2)27(25,26)22-10-4-7-17(13-22)18-9-8-16(12-20-18)14-5-3-6-15(11-14)19(23)24/h3,5-6,8-9,11-12,17H,4,7,10,13H2,1-2H3,(H,23,24)/t17-/m1/s1. The van der Waals surface area contributed by atoms with Gasteiger partial charge >= 0.3 is 5.97 Å². The molecule has 1 fully saturated rings. The molecule has 8 heteroatoms. The van der Waals surface area contributed by atoms with E-state index >= 15 is 0 Å². The number of piperidine rings is 1. The Morgan fingerprint density at radius 3 is 2.63 bits per heavy atom. The van der Waals surface area contributed by atoms with Crippen molar-refractivity contribution in [2.75, 3.05) is 27.2 Å². The van der Waals surface area contributed by atoms with Gasteiger partial charge in [-0.1, -0.05) is 18.2 Å². The van der Waals surface area contributed by atoms with E-state index < -0.39 is 16.2 Å². The Hall–Kier alpha value is -2.29. The molecule has 2 heterocycles. The summed E-state index contributed by atoms with van der Waals surface area (Å²) in [6.07, 6.45) is 3.40. The van der Waals surface area contributed by atoms with Crippen LogP contribution in [0.25, 0.3) is 11.1 Å². The van der Waals surface area contributed by atoms with E-state index in [0.29, 0.717) is 13.1 Å². The van der Waals surface area contributed by atoms with E-state index in [4.69, 9.17) is 5.11 Å². The molecule has 1 aliphatic heterocycles. The van der Waals surface area contributed by atoms with Crippen LogP contribution in [0.4, 0.5) is 0 Å². The zero-order chi connectivity index (χ0) is 19.6. The maximum Gasteiger partial charge on any atom is 0.335 e. The Kier molecular flexibility index (Phi) is 5.59. The summed E-state index contributed by atoms with van der Waals surface area (Å²) in [7, 11) is -0.344. The monoisotopic (exact) mass is 389 g/mol. The number of carbonyl (C=O) groups is 1. The number of rotatable bonds is 5. The third kappa shape index (κ3) is 4.18. The number of hydrogen-bond acceptors (Lipinski definition) is 4. The van der Waals surface area contributed by atoms with Gasteiger partial charge in [0.05, 0.1) is 5.56 Å². The van der Waals surface area contributed by atoms with Gasteiger partial charge in [-0.15, -0.1) is 0 Å². The molecule has 0 aliphatic carbocycles. The van der Waals surface area contributed by atoms with Gasteiger partial charge in [0.1, 0.15) is 0 Å². The van der Waals surface area contributed by atoms with Crippen LogP contribution in [0.2, 0.25) is 0 Å². The molecule has 0 amide bonds. The van der Waals surface area contributed by atoms with E-state index in [0.717, 1.165) is 29.7 Å². The lowest BCUT2D eigenvalue weighted by atomic mass is 9.95. The first-order valence-corrected chi connectivity index (χ1v) is 10.2. The summed E-state index contributed by atoms with van der Waals surface area (Å²) in [4.78, 5) is 15.7. The summed E-state index contributed by atoms with van der Waals surface area (Å²) >= 11 is 0. The minimum absolute atomic E-state index is 0.0490. The molecule has 144 valence electrons. The summed E-state index contributed by atoms with van der Waals surface area (Å²) in [6, 6.07) is 10.5. The molecule has 0 radical (unpaired) electrons. The topological polar surface area (TPSA) is 90.8 Å². The molecule has 1 aliphatic rings. The van der Waals surface area contributed by atoms with Gasteiger partial charge in [0, 0.05) is 50.6 Å². The van der Waals surface area contributed by atoms with Crippen molar-refractivity contribution in [1.82, 2.24) is 13.6 Å². The fraction of sp³-hybridized carbons (Fsp3) is 0.368. The lowest BCUT2D eigenvalue weighted by molar-refractivity contribution is 0.0697. The Bertz CT molecular complexity index is 926. The zero-order valence-electron chi connectivity index (χ0n) is 15.4. The predicted octanol–water partition coefficient (Wildman–Crippen LogP) is 2.43. The van der Waals surface area contributed by atoms with Crippen LogP contribution in [-0.4, -0.2) is 60.3 Å². The fourth-order valence-corrected chi connectivity index (χ4v) is 4.46. The van der Waals surface area contributed by atoms with Crippen molar-refractivity contribution in [1.29, 1.82) is 0 Å². The largest absolute Gasteiger partial charge is 0.478 e. The van der Waals surface area contributed by atoms with E-state index in [1.165, 1.54) is 22.7 Å². The number of benzene rings is 1. The molecule has 7 nitrogen and oxygen atoms in total. The highest BCUT2D eigenvalue weighted by atomic mass is 32.2. The smallest absolute Gasteiger partial charge is 0.335 e. The summed E-state index contributed by atoms with van der Waals surface area (Å²) in [6.45, 7) is 0.943. The normalized spacial score (nSPS) is 18.6. The second-order valence-corrected chi connectivity index (χ2v) is 8.99.